The quantitative estimate of drug-likeness (QED) is 0.536. The van der Waals surface area contributed by atoms with Crippen molar-refractivity contribution < 1.29 is 22.7 Å². The molecule has 0 aliphatic carbocycles. The van der Waals surface area contributed by atoms with E-state index < -0.39 is 26.2 Å². The maximum atomic E-state index is 11.6. The largest absolute Gasteiger partial charge is 0.463 e. The van der Waals surface area contributed by atoms with Gasteiger partial charge < -0.3 is 10.1 Å². The normalized spacial score (nSPS) is 12.7. The van der Waals surface area contributed by atoms with Crippen molar-refractivity contribution in [2.45, 2.75) is 43.6 Å². The van der Waals surface area contributed by atoms with E-state index in [9.17, 15) is 18.0 Å². The van der Waals surface area contributed by atoms with Crippen LogP contribution in [0.3, 0.4) is 0 Å². The van der Waals surface area contributed by atoms with Gasteiger partial charge in [0.25, 0.3) is 10.0 Å². The fourth-order valence-corrected chi connectivity index (χ4v) is 2.49. The molecule has 1 unspecified atom stereocenters. The third-order valence-electron chi connectivity index (χ3n) is 2.36. The fourth-order valence-electron chi connectivity index (χ4n) is 1.14. The van der Waals surface area contributed by atoms with Crippen molar-refractivity contribution in [1.82, 2.24) is 10.2 Å². The second-order valence-corrected chi connectivity index (χ2v) is 6.89. The van der Waals surface area contributed by atoms with Crippen molar-refractivity contribution >= 4 is 38.4 Å². The van der Waals surface area contributed by atoms with Crippen molar-refractivity contribution in [2.75, 3.05) is 5.32 Å². The van der Waals surface area contributed by atoms with Crippen LogP contribution in [0.15, 0.2) is 4.34 Å². The average Bonchev–Trinajstić information content (AvgIpc) is 2.84. The molecule has 3 N–H and O–H groups in total. The molecule has 118 valence electrons. The minimum absolute atomic E-state index is 0.000631. The summed E-state index contributed by atoms with van der Waals surface area (Å²) in [6.07, 6.45) is 0.330. The summed E-state index contributed by atoms with van der Waals surface area (Å²) in [4.78, 5) is 23.0. The minimum Gasteiger partial charge on any atom is -0.463 e. The first-order valence-corrected chi connectivity index (χ1v) is 8.44. The van der Waals surface area contributed by atoms with Crippen molar-refractivity contribution in [3.8, 4) is 0 Å². The maximum Gasteiger partial charge on any atom is 0.306 e. The first-order valence-electron chi connectivity index (χ1n) is 6.08. The number of nitrogens with two attached hydrogens (primary N) is 1. The predicted octanol–water partition coefficient (Wildman–Crippen LogP) is 0.246. The number of hydrogen-bond donors (Lipinski definition) is 2. The number of sulfonamides is 1. The zero-order valence-electron chi connectivity index (χ0n) is 11.5. The van der Waals surface area contributed by atoms with Crippen LogP contribution in [0.1, 0.15) is 33.1 Å². The van der Waals surface area contributed by atoms with Crippen molar-refractivity contribution in [2.24, 2.45) is 5.14 Å². The van der Waals surface area contributed by atoms with Crippen LogP contribution in [0, 0.1) is 0 Å². The standard InChI is InChI=1S/C10H16N4O5S2/c1-3-6(2)19-8(16)5-4-7(15)12-9-13-14-10(20-9)21(11,17)18/h6H,3-5H2,1-2H3,(H2,11,17,18)(H,12,13,15). The lowest BCUT2D eigenvalue weighted by Crippen LogP contribution is -2.17. The van der Waals surface area contributed by atoms with Crippen molar-refractivity contribution in [1.29, 1.82) is 0 Å². The molecule has 1 atom stereocenters. The zero-order valence-corrected chi connectivity index (χ0v) is 13.2. The number of aromatic nitrogens is 2. The van der Waals surface area contributed by atoms with Gasteiger partial charge in [0.05, 0.1) is 12.5 Å². The molecule has 0 spiro atoms. The molecule has 21 heavy (non-hydrogen) atoms. The monoisotopic (exact) mass is 336 g/mol. The van der Waals surface area contributed by atoms with Gasteiger partial charge in [-0.25, -0.2) is 13.6 Å². The van der Waals surface area contributed by atoms with Crippen LogP contribution < -0.4 is 10.5 Å². The van der Waals surface area contributed by atoms with E-state index in [0.29, 0.717) is 17.8 Å². The average molecular weight is 336 g/mol. The Bertz CT molecular complexity index is 613. The Morgan fingerprint density at radius 2 is 2.05 bits per heavy atom. The molecule has 1 heterocycles. The Morgan fingerprint density at radius 1 is 1.38 bits per heavy atom. The van der Waals surface area contributed by atoms with Gasteiger partial charge in [0.1, 0.15) is 0 Å². The van der Waals surface area contributed by atoms with E-state index in [4.69, 9.17) is 9.88 Å². The van der Waals surface area contributed by atoms with Gasteiger partial charge in [0, 0.05) is 6.42 Å². The molecule has 0 aromatic carbocycles. The molecule has 0 saturated heterocycles. The number of hydrogen-bond acceptors (Lipinski definition) is 8. The summed E-state index contributed by atoms with van der Waals surface area (Å²) in [5.41, 5.74) is 0. The van der Waals surface area contributed by atoms with Gasteiger partial charge in [0.15, 0.2) is 0 Å². The zero-order chi connectivity index (χ0) is 16.0. The summed E-state index contributed by atoms with van der Waals surface area (Å²) in [5, 5.41) is 14.0. The number of primary sulfonamides is 1. The van der Waals surface area contributed by atoms with Gasteiger partial charge >= 0.3 is 5.97 Å². The molecule has 1 aromatic heterocycles. The minimum atomic E-state index is -3.94. The highest BCUT2D eigenvalue weighted by Crippen LogP contribution is 2.18. The summed E-state index contributed by atoms with van der Waals surface area (Å²) in [5.74, 6) is -0.963. The fraction of sp³-hybridized carbons (Fsp3) is 0.600. The van der Waals surface area contributed by atoms with Gasteiger partial charge in [-0.2, -0.15) is 0 Å². The smallest absolute Gasteiger partial charge is 0.306 e. The number of amides is 1. The number of carbonyl (C=O) groups excluding carboxylic acids is 2. The number of anilines is 1. The number of rotatable bonds is 7. The van der Waals surface area contributed by atoms with Gasteiger partial charge in [0.2, 0.25) is 15.4 Å². The molecule has 0 fully saturated rings. The summed E-state index contributed by atoms with van der Waals surface area (Å²) >= 11 is 0.633. The lowest BCUT2D eigenvalue weighted by Gasteiger charge is -2.10. The Labute approximate surface area is 125 Å². The van der Waals surface area contributed by atoms with E-state index in [1.54, 1.807) is 6.92 Å². The van der Waals surface area contributed by atoms with Gasteiger partial charge in [-0.1, -0.05) is 18.3 Å². The molecule has 0 saturated carbocycles. The number of ether oxygens (including phenoxy) is 1. The topological polar surface area (TPSA) is 141 Å². The van der Waals surface area contributed by atoms with Crippen LogP contribution in [0.2, 0.25) is 0 Å². The number of nitrogens with one attached hydrogen (secondary N) is 1. The molecular weight excluding hydrogens is 320 g/mol. The number of carbonyl (C=O) groups is 2. The Hall–Kier alpha value is -1.59. The summed E-state index contributed by atoms with van der Waals surface area (Å²) in [6.45, 7) is 3.64. The summed E-state index contributed by atoms with van der Waals surface area (Å²) in [7, 11) is -3.94. The van der Waals surface area contributed by atoms with E-state index in [-0.39, 0.29) is 24.1 Å². The molecule has 11 heteroatoms. The lowest BCUT2D eigenvalue weighted by atomic mass is 10.3. The first-order chi connectivity index (χ1) is 9.72. The third kappa shape index (κ3) is 6.14. The Balaban J connectivity index is 2.44. The molecule has 0 aliphatic heterocycles. The second-order valence-electron chi connectivity index (χ2n) is 4.18. The SMILES string of the molecule is CCC(C)OC(=O)CCC(=O)Nc1nnc(S(N)(=O)=O)s1. The van der Waals surface area contributed by atoms with Crippen LogP contribution in [0.25, 0.3) is 0 Å². The second kappa shape index (κ2) is 7.43. The van der Waals surface area contributed by atoms with Crippen LogP contribution in [0.4, 0.5) is 5.13 Å². The molecule has 1 rings (SSSR count). The van der Waals surface area contributed by atoms with Crippen molar-refractivity contribution in [3.63, 3.8) is 0 Å². The Kier molecular flexibility index (Phi) is 6.18. The predicted molar refractivity (Wildman–Crippen MR) is 75.0 cm³/mol. The summed E-state index contributed by atoms with van der Waals surface area (Å²) < 4.78 is 26.6. The molecule has 0 aliphatic rings. The Morgan fingerprint density at radius 3 is 2.57 bits per heavy atom. The number of esters is 1. The van der Waals surface area contributed by atoms with Crippen LogP contribution in [-0.2, 0) is 24.3 Å². The lowest BCUT2D eigenvalue weighted by molar-refractivity contribution is -0.149. The highest BCUT2D eigenvalue weighted by atomic mass is 32.2. The highest BCUT2D eigenvalue weighted by Gasteiger charge is 2.17. The highest BCUT2D eigenvalue weighted by molar-refractivity contribution is 7.91. The van der Waals surface area contributed by atoms with Gasteiger partial charge in [-0.05, 0) is 13.3 Å². The van der Waals surface area contributed by atoms with Crippen LogP contribution in [-0.4, -0.2) is 36.6 Å². The van der Waals surface area contributed by atoms with Crippen LogP contribution in [0.5, 0.6) is 0 Å². The summed E-state index contributed by atoms with van der Waals surface area (Å²) in [6, 6.07) is 0. The molecule has 1 aromatic rings. The first kappa shape index (κ1) is 17.5. The van der Waals surface area contributed by atoms with E-state index in [0.717, 1.165) is 0 Å². The molecule has 0 bridgehead atoms. The molecule has 9 nitrogen and oxygen atoms in total. The maximum absolute atomic E-state index is 11.6. The third-order valence-corrected chi connectivity index (χ3v) is 4.51. The molecule has 0 radical (unpaired) electrons. The number of nitrogens with zero attached hydrogens (tertiary/aromatic N) is 2. The van der Waals surface area contributed by atoms with E-state index in [1.165, 1.54) is 0 Å². The van der Waals surface area contributed by atoms with Gasteiger partial charge in [-0.3, -0.25) is 9.59 Å². The van der Waals surface area contributed by atoms with Gasteiger partial charge in [-0.15, -0.1) is 10.2 Å². The van der Waals surface area contributed by atoms with E-state index in [2.05, 4.69) is 15.5 Å². The van der Waals surface area contributed by atoms with E-state index in [1.807, 2.05) is 6.92 Å². The molecular formula is C10H16N4O5S2. The molecule has 1 amide bonds. The van der Waals surface area contributed by atoms with Crippen LogP contribution >= 0.6 is 11.3 Å². The van der Waals surface area contributed by atoms with Crippen molar-refractivity contribution in [3.05, 3.63) is 0 Å². The van der Waals surface area contributed by atoms with E-state index >= 15 is 0 Å².